The minimum absolute atomic E-state index is 0.142. The van der Waals surface area contributed by atoms with Gasteiger partial charge in [0.1, 0.15) is 10.0 Å². The molecule has 3 rings (SSSR count). The Morgan fingerprint density at radius 3 is 2.50 bits per heavy atom. The fraction of sp³-hybridized carbons (Fsp3) is 0.333. The zero-order chi connectivity index (χ0) is 11.0. The predicted molar refractivity (Wildman–Crippen MR) is 65.9 cm³/mol. The van der Waals surface area contributed by atoms with Gasteiger partial charge in [-0.05, 0) is 18.4 Å². The molecule has 1 aliphatic rings. The van der Waals surface area contributed by atoms with E-state index < -0.39 is 0 Å². The fourth-order valence-corrected chi connectivity index (χ4v) is 3.18. The van der Waals surface area contributed by atoms with E-state index >= 15 is 0 Å². The Kier molecular flexibility index (Phi) is 2.45. The standard InChI is InChI=1S/C12H11ClN2S/c13-8-10-14-15-11(16-10)12(6-7-12)9-4-2-1-3-5-9/h1-5H,6-8H2. The molecule has 0 radical (unpaired) electrons. The van der Waals surface area contributed by atoms with Crippen molar-refractivity contribution in [2.45, 2.75) is 24.1 Å². The van der Waals surface area contributed by atoms with Gasteiger partial charge in [0.25, 0.3) is 0 Å². The van der Waals surface area contributed by atoms with E-state index in [9.17, 15) is 0 Å². The van der Waals surface area contributed by atoms with Crippen molar-refractivity contribution in [2.75, 3.05) is 0 Å². The van der Waals surface area contributed by atoms with E-state index in [-0.39, 0.29) is 5.41 Å². The third kappa shape index (κ3) is 1.55. The molecule has 0 amide bonds. The van der Waals surface area contributed by atoms with E-state index in [1.165, 1.54) is 18.4 Å². The highest BCUT2D eigenvalue weighted by atomic mass is 35.5. The van der Waals surface area contributed by atoms with E-state index in [4.69, 9.17) is 11.6 Å². The van der Waals surface area contributed by atoms with Gasteiger partial charge in [0, 0.05) is 5.41 Å². The van der Waals surface area contributed by atoms with Crippen molar-refractivity contribution in [1.82, 2.24) is 10.2 Å². The molecule has 1 aromatic carbocycles. The molecule has 1 fully saturated rings. The van der Waals surface area contributed by atoms with Crippen molar-refractivity contribution in [1.29, 1.82) is 0 Å². The Morgan fingerprint density at radius 2 is 1.94 bits per heavy atom. The van der Waals surface area contributed by atoms with Crippen LogP contribution in [0.2, 0.25) is 0 Å². The van der Waals surface area contributed by atoms with E-state index in [2.05, 4.69) is 34.5 Å². The Bertz CT molecular complexity index is 491. The molecule has 2 aromatic rings. The highest BCUT2D eigenvalue weighted by molar-refractivity contribution is 7.11. The number of nitrogens with zero attached hydrogens (tertiary/aromatic N) is 2. The summed E-state index contributed by atoms with van der Waals surface area (Å²) >= 11 is 7.41. The molecular weight excluding hydrogens is 240 g/mol. The summed E-state index contributed by atoms with van der Waals surface area (Å²) in [4.78, 5) is 0. The lowest BCUT2D eigenvalue weighted by Crippen LogP contribution is -2.07. The zero-order valence-electron chi connectivity index (χ0n) is 8.69. The van der Waals surface area contributed by atoms with Crippen molar-refractivity contribution in [2.24, 2.45) is 0 Å². The van der Waals surface area contributed by atoms with E-state index in [0.29, 0.717) is 5.88 Å². The summed E-state index contributed by atoms with van der Waals surface area (Å²) < 4.78 is 0. The van der Waals surface area contributed by atoms with Gasteiger partial charge in [-0.2, -0.15) is 0 Å². The molecule has 16 heavy (non-hydrogen) atoms. The van der Waals surface area contributed by atoms with Gasteiger partial charge >= 0.3 is 0 Å². The van der Waals surface area contributed by atoms with Crippen LogP contribution in [-0.4, -0.2) is 10.2 Å². The van der Waals surface area contributed by atoms with Crippen molar-refractivity contribution < 1.29 is 0 Å². The summed E-state index contributed by atoms with van der Waals surface area (Å²) in [7, 11) is 0. The summed E-state index contributed by atoms with van der Waals surface area (Å²) in [5.74, 6) is 0.461. The number of halogens is 1. The van der Waals surface area contributed by atoms with Crippen molar-refractivity contribution in [3.05, 3.63) is 45.9 Å². The molecule has 2 nitrogen and oxygen atoms in total. The van der Waals surface area contributed by atoms with Crippen LogP contribution in [0.15, 0.2) is 30.3 Å². The molecule has 0 aliphatic heterocycles. The van der Waals surface area contributed by atoms with Gasteiger partial charge in [-0.3, -0.25) is 0 Å². The van der Waals surface area contributed by atoms with E-state index in [1.807, 2.05) is 6.07 Å². The van der Waals surface area contributed by atoms with Gasteiger partial charge in [0.15, 0.2) is 0 Å². The molecule has 0 atom stereocenters. The topological polar surface area (TPSA) is 25.8 Å². The van der Waals surface area contributed by atoms with Crippen molar-refractivity contribution >= 4 is 22.9 Å². The van der Waals surface area contributed by atoms with E-state index in [1.54, 1.807) is 11.3 Å². The van der Waals surface area contributed by atoms with Gasteiger partial charge < -0.3 is 0 Å². The van der Waals surface area contributed by atoms with Gasteiger partial charge in [-0.25, -0.2) is 0 Å². The highest BCUT2D eigenvalue weighted by Gasteiger charge is 2.48. The molecule has 0 bridgehead atoms. The van der Waals surface area contributed by atoms with Crippen LogP contribution in [-0.2, 0) is 11.3 Å². The average molecular weight is 251 g/mol. The third-order valence-corrected chi connectivity index (χ3v) is 4.61. The summed E-state index contributed by atoms with van der Waals surface area (Å²) in [6.07, 6.45) is 2.35. The van der Waals surface area contributed by atoms with Crippen LogP contribution in [0.5, 0.6) is 0 Å². The smallest absolute Gasteiger partial charge is 0.132 e. The first-order valence-corrected chi connectivity index (χ1v) is 6.65. The number of hydrogen-bond donors (Lipinski definition) is 0. The number of rotatable bonds is 3. The first-order chi connectivity index (χ1) is 7.85. The minimum Gasteiger partial charge on any atom is -0.143 e. The lowest BCUT2D eigenvalue weighted by Gasteiger charge is -2.10. The molecule has 0 saturated heterocycles. The van der Waals surface area contributed by atoms with E-state index in [0.717, 1.165) is 10.0 Å². The van der Waals surface area contributed by atoms with Crippen LogP contribution in [0, 0.1) is 0 Å². The average Bonchev–Trinajstić information content (AvgIpc) is 3.02. The van der Waals surface area contributed by atoms with Crippen LogP contribution in [0.4, 0.5) is 0 Å². The van der Waals surface area contributed by atoms with Crippen LogP contribution < -0.4 is 0 Å². The second kappa shape index (κ2) is 3.82. The molecule has 1 aromatic heterocycles. The van der Waals surface area contributed by atoms with Gasteiger partial charge in [0.2, 0.25) is 0 Å². The SMILES string of the molecule is ClCc1nnc(C2(c3ccccc3)CC2)s1. The lowest BCUT2D eigenvalue weighted by molar-refractivity contribution is 0.804. The molecule has 0 spiro atoms. The number of alkyl halides is 1. The van der Waals surface area contributed by atoms with Crippen LogP contribution in [0.3, 0.4) is 0 Å². The molecule has 1 saturated carbocycles. The predicted octanol–water partition coefficient (Wildman–Crippen LogP) is 3.36. The quantitative estimate of drug-likeness (QED) is 0.781. The molecule has 82 valence electrons. The van der Waals surface area contributed by atoms with Gasteiger partial charge in [-0.15, -0.1) is 21.8 Å². The first-order valence-electron chi connectivity index (χ1n) is 5.29. The molecular formula is C12H11ClN2S. The van der Waals surface area contributed by atoms with Crippen molar-refractivity contribution in [3.63, 3.8) is 0 Å². The van der Waals surface area contributed by atoms with Gasteiger partial charge in [0.05, 0.1) is 5.88 Å². The normalized spacial score (nSPS) is 17.3. The number of aromatic nitrogens is 2. The summed E-state index contributed by atoms with van der Waals surface area (Å²) in [6, 6.07) is 10.6. The molecule has 4 heteroatoms. The zero-order valence-corrected chi connectivity index (χ0v) is 10.3. The summed E-state index contributed by atoms with van der Waals surface area (Å²) in [6.45, 7) is 0. The number of benzene rings is 1. The Labute approximate surface area is 103 Å². The Hall–Kier alpha value is -0.930. The molecule has 1 heterocycles. The lowest BCUT2D eigenvalue weighted by atomic mass is 9.97. The summed E-state index contributed by atoms with van der Waals surface area (Å²) in [5.41, 5.74) is 1.50. The first kappa shape index (κ1) is 10.2. The molecule has 0 N–H and O–H groups in total. The fourth-order valence-electron chi connectivity index (χ4n) is 2.01. The second-order valence-electron chi connectivity index (χ2n) is 4.08. The van der Waals surface area contributed by atoms with Crippen LogP contribution >= 0.6 is 22.9 Å². The maximum atomic E-state index is 5.76. The number of hydrogen-bond acceptors (Lipinski definition) is 3. The van der Waals surface area contributed by atoms with Crippen molar-refractivity contribution in [3.8, 4) is 0 Å². The van der Waals surface area contributed by atoms with Crippen LogP contribution in [0.1, 0.15) is 28.4 Å². The second-order valence-corrected chi connectivity index (χ2v) is 5.41. The maximum absolute atomic E-state index is 5.76. The maximum Gasteiger partial charge on any atom is 0.132 e. The molecule has 1 aliphatic carbocycles. The molecule has 0 unspecified atom stereocenters. The van der Waals surface area contributed by atoms with Crippen LogP contribution in [0.25, 0.3) is 0 Å². The summed E-state index contributed by atoms with van der Waals surface area (Å²) in [5, 5.41) is 10.4. The minimum atomic E-state index is 0.142. The Morgan fingerprint density at radius 1 is 1.19 bits per heavy atom. The largest absolute Gasteiger partial charge is 0.143 e. The highest BCUT2D eigenvalue weighted by Crippen LogP contribution is 2.54. The Balaban J connectivity index is 2.00. The third-order valence-electron chi connectivity index (χ3n) is 3.07. The monoisotopic (exact) mass is 250 g/mol. The van der Waals surface area contributed by atoms with Gasteiger partial charge in [-0.1, -0.05) is 41.7 Å².